The Hall–Kier alpha value is -0.940. The first-order chi connectivity index (χ1) is 7.58. The molecule has 0 saturated heterocycles. The number of nitrogens with two attached hydrogens (primary N) is 1. The molecule has 4 nitrogen and oxygen atoms in total. The zero-order valence-electron chi connectivity index (χ0n) is 9.99. The molecule has 0 spiro atoms. The third-order valence-electron chi connectivity index (χ3n) is 2.56. The molecule has 0 aliphatic rings. The second-order valence-corrected chi connectivity index (χ2v) is 4.92. The van der Waals surface area contributed by atoms with E-state index in [0.717, 1.165) is 12.8 Å². The number of hydrogen-bond donors (Lipinski definition) is 2. The van der Waals surface area contributed by atoms with Gasteiger partial charge < -0.3 is 11.1 Å². The maximum absolute atomic E-state index is 11.4. The van der Waals surface area contributed by atoms with Crippen molar-refractivity contribution in [3.63, 3.8) is 0 Å². The van der Waals surface area contributed by atoms with Crippen molar-refractivity contribution in [3.05, 3.63) is 11.1 Å². The van der Waals surface area contributed by atoms with E-state index < -0.39 is 6.04 Å². The van der Waals surface area contributed by atoms with Crippen LogP contribution in [0.5, 0.6) is 0 Å². The van der Waals surface area contributed by atoms with Crippen molar-refractivity contribution >= 4 is 22.4 Å². The second-order valence-electron chi connectivity index (χ2n) is 3.86. The van der Waals surface area contributed by atoms with E-state index in [0.29, 0.717) is 11.0 Å². The summed E-state index contributed by atoms with van der Waals surface area (Å²) in [4.78, 5) is 16.8. The van der Waals surface area contributed by atoms with Crippen molar-refractivity contribution < 1.29 is 4.79 Å². The summed E-state index contributed by atoms with van der Waals surface area (Å²) in [5.74, 6) is 0.351. The minimum absolute atomic E-state index is 0.189. The summed E-state index contributed by atoms with van der Waals surface area (Å²) < 4.78 is 0. The van der Waals surface area contributed by atoms with Crippen LogP contribution in [0, 0.1) is 0 Å². The summed E-state index contributed by atoms with van der Waals surface area (Å²) >= 11 is 1.54. The maximum atomic E-state index is 11.4. The van der Waals surface area contributed by atoms with Crippen molar-refractivity contribution in [1.29, 1.82) is 0 Å². The molecule has 0 aliphatic heterocycles. The van der Waals surface area contributed by atoms with Gasteiger partial charge in [-0.05, 0) is 25.7 Å². The number of nitrogens with one attached hydrogen (secondary N) is 1. The zero-order chi connectivity index (χ0) is 12.1. The summed E-state index contributed by atoms with van der Waals surface area (Å²) in [6.07, 6.45) is 4.04. The number of nitrogens with zero attached hydrogens (tertiary/aromatic N) is 1. The van der Waals surface area contributed by atoms with Crippen LogP contribution in [-0.4, -0.2) is 16.9 Å². The van der Waals surface area contributed by atoms with E-state index in [1.165, 1.54) is 16.2 Å². The molecule has 1 amide bonds. The molecular formula is C11H19N3OS. The van der Waals surface area contributed by atoms with Crippen LogP contribution >= 0.6 is 11.3 Å². The standard InChI is InChI=1S/C11H19N3OS/c1-4-8(5-2)9-6-13-11(16-9)14-10(15)7(3)12/h6-8H,4-5,12H2,1-3H3,(H,13,14,15). The van der Waals surface area contributed by atoms with Crippen molar-refractivity contribution in [2.24, 2.45) is 5.73 Å². The SMILES string of the molecule is CCC(CC)c1cnc(NC(=O)C(C)N)s1. The van der Waals surface area contributed by atoms with E-state index in [1.54, 1.807) is 6.92 Å². The molecule has 1 aromatic heterocycles. The van der Waals surface area contributed by atoms with Gasteiger partial charge in [-0.15, -0.1) is 11.3 Å². The minimum Gasteiger partial charge on any atom is -0.320 e. The van der Waals surface area contributed by atoms with Gasteiger partial charge in [-0.25, -0.2) is 4.98 Å². The molecule has 0 saturated carbocycles. The molecule has 1 aromatic rings. The van der Waals surface area contributed by atoms with Gasteiger partial charge in [0.15, 0.2) is 5.13 Å². The highest BCUT2D eigenvalue weighted by Crippen LogP contribution is 2.30. The summed E-state index contributed by atoms with van der Waals surface area (Å²) in [5, 5.41) is 3.35. The Morgan fingerprint density at radius 3 is 2.69 bits per heavy atom. The number of thiazole rings is 1. The first-order valence-corrected chi connectivity index (χ1v) is 6.42. The molecule has 0 aliphatic carbocycles. The lowest BCUT2D eigenvalue weighted by Gasteiger charge is -2.07. The summed E-state index contributed by atoms with van der Waals surface area (Å²) in [6.45, 7) is 5.98. The monoisotopic (exact) mass is 241 g/mol. The topological polar surface area (TPSA) is 68.0 Å². The molecule has 16 heavy (non-hydrogen) atoms. The summed E-state index contributed by atoms with van der Waals surface area (Å²) in [7, 11) is 0. The second kappa shape index (κ2) is 5.96. The summed E-state index contributed by atoms with van der Waals surface area (Å²) in [6, 6.07) is -0.500. The molecule has 1 heterocycles. The van der Waals surface area contributed by atoms with Gasteiger partial charge >= 0.3 is 0 Å². The fourth-order valence-corrected chi connectivity index (χ4v) is 2.53. The van der Waals surface area contributed by atoms with Crippen LogP contribution in [0.4, 0.5) is 5.13 Å². The lowest BCUT2D eigenvalue weighted by molar-refractivity contribution is -0.117. The molecule has 3 N–H and O–H groups in total. The fourth-order valence-electron chi connectivity index (χ4n) is 1.44. The van der Waals surface area contributed by atoms with Crippen LogP contribution in [0.1, 0.15) is 44.4 Å². The molecule has 1 unspecified atom stereocenters. The number of hydrogen-bond acceptors (Lipinski definition) is 4. The minimum atomic E-state index is -0.500. The molecule has 5 heteroatoms. The lowest BCUT2D eigenvalue weighted by atomic mass is 10.0. The highest BCUT2D eigenvalue weighted by molar-refractivity contribution is 7.15. The number of anilines is 1. The van der Waals surface area contributed by atoms with Crippen LogP contribution in [-0.2, 0) is 4.79 Å². The van der Waals surface area contributed by atoms with Gasteiger partial charge in [0.25, 0.3) is 0 Å². The molecule has 0 fully saturated rings. The molecule has 90 valence electrons. The third kappa shape index (κ3) is 3.28. The van der Waals surface area contributed by atoms with Crippen LogP contribution in [0.3, 0.4) is 0 Å². The lowest BCUT2D eigenvalue weighted by Crippen LogP contribution is -2.32. The van der Waals surface area contributed by atoms with Crippen LogP contribution in [0.2, 0.25) is 0 Å². The Morgan fingerprint density at radius 1 is 1.56 bits per heavy atom. The fraction of sp³-hybridized carbons (Fsp3) is 0.636. The Bertz CT molecular complexity index is 345. The largest absolute Gasteiger partial charge is 0.320 e. The van der Waals surface area contributed by atoms with Crippen molar-refractivity contribution in [1.82, 2.24) is 4.98 Å². The van der Waals surface area contributed by atoms with Crippen molar-refractivity contribution in [2.75, 3.05) is 5.32 Å². The van der Waals surface area contributed by atoms with E-state index >= 15 is 0 Å². The predicted octanol–water partition coefficient (Wildman–Crippen LogP) is 2.33. The molecule has 0 radical (unpaired) electrons. The van der Waals surface area contributed by atoms with E-state index in [-0.39, 0.29) is 5.91 Å². The van der Waals surface area contributed by atoms with Crippen LogP contribution in [0.25, 0.3) is 0 Å². The van der Waals surface area contributed by atoms with Gasteiger partial charge in [0.1, 0.15) is 0 Å². The normalized spacial score (nSPS) is 12.8. The van der Waals surface area contributed by atoms with Gasteiger partial charge in [0.05, 0.1) is 6.04 Å². The van der Waals surface area contributed by atoms with Crippen LogP contribution in [0.15, 0.2) is 6.20 Å². The maximum Gasteiger partial charge on any atom is 0.242 e. The average Bonchev–Trinajstić information content (AvgIpc) is 2.68. The number of aromatic nitrogens is 1. The summed E-state index contributed by atoms with van der Waals surface area (Å²) in [5.41, 5.74) is 5.47. The molecule has 0 bridgehead atoms. The van der Waals surface area contributed by atoms with E-state index in [2.05, 4.69) is 24.1 Å². The predicted molar refractivity (Wildman–Crippen MR) is 67.7 cm³/mol. The number of amides is 1. The number of rotatable bonds is 5. The van der Waals surface area contributed by atoms with E-state index in [4.69, 9.17) is 5.73 Å². The first-order valence-electron chi connectivity index (χ1n) is 5.60. The Kier molecular flexibility index (Phi) is 4.89. The van der Waals surface area contributed by atoms with Gasteiger partial charge in [-0.3, -0.25) is 4.79 Å². The molecular weight excluding hydrogens is 222 g/mol. The molecule has 1 atom stereocenters. The van der Waals surface area contributed by atoms with E-state index in [1.807, 2.05) is 6.20 Å². The van der Waals surface area contributed by atoms with E-state index in [9.17, 15) is 4.79 Å². The third-order valence-corrected chi connectivity index (χ3v) is 3.63. The Labute approximate surface area is 100 Å². The average molecular weight is 241 g/mol. The quantitative estimate of drug-likeness (QED) is 0.831. The van der Waals surface area contributed by atoms with Gasteiger partial charge in [-0.1, -0.05) is 13.8 Å². The van der Waals surface area contributed by atoms with Crippen LogP contribution < -0.4 is 11.1 Å². The van der Waals surface area contributed by atoms with Gasteiger partial charge in [0, 0.05) is 11.1 Å². The van der Waals surface area contributed by atoms with Gasteiger partial charge in [-0.2, -0.15) is 0 Å². The zero-order valence-corrected chi connectivity index (χ0v) is 10.8. The molecule has 1 rings (SSSR count). The van der Waals surface area contributed by atoms with Gasteiger partial charge in [0.2, 0.25) is 5.91 Å². The first kappa shape index (κ1) is 13.1. The highest BCUT2D eigenvalue weighted by Gasteiger charge is 2.13. The van der Waals surface area contributed by atoms with Crippen molar-refractivity contribution in [2.45, 2.75) is 45.6 Å². The highest BCUT2D eigenvalue weighted by atomic mass is 32.1. The molecule has 0 aromatic carbocycles. The Morgan fingerprint density at radius 2 is 2.19 bits per heavy atom. The number of carbonyl (C=O) groups excluding carboxylic acids is 1. The number of carbonyl (C=O) groups is 1. The Balaban J connectivity index is 2.68. The van der Waals surface area contributed by atoms with Crippen molar-refractivity contribution in [3.8, 4) is 0 Å². The smallest absolute Gasteiger partial charge is 0.242 e.